The van der Waals surface area contributed by atoms with Crippen LogP contribution in [0.1, 0.15) is 25.3 Å². The summed E-state index contributed by atoms with van der Waals surface area (Å²) in [5.41, 5.74) is 2.30. The lowest BCUT2D eigenvalue weighted by Crippen LogP contribution is -2.12. The molecule has 0 aliphatic rings. The SMILES string of the molecule is COc1ccc(C(C)C)cc1N(C)c1ccc(Br)cn1. The highest BCUT2D eigenvalue weighted by Crippen LogP contribution is 2.34. The van der Waals surface area contributed by atoms with Crippen molar-refractivity contribution in [2.45, 2.75) is 19.8 Å². The summed E-state index contributed by atoms with van der Waals surface area (Å²) < 4.78 is 6.44. The van der Waals surface area contributed by atoms with Gasteiger partial charge in [0.25, 0.3) is 0 Å². The number of hydrogen-bond acceptors (Lipinski definition) is 3. The molecule has 0 fully saturated rings. The zero-order valence-electron chi connectivity index (χ0n) is 12.2. The third-order valence-corrected chi connectivity index (χ3v) is 3.76. The second kappa shape index (κ2) is 6.27. The van der Waals surface area contributed by atoms with Crippen LogP contribution in [0.2, 0.25) is 0 Å². The van der Waals surface area contributed by atoms with Crippen LogP contribution in [0.5, 0.6) is 5.75 Å². The number of ether oxygens (including phenoxy) is 1. The minimum Gasteiger partial charge on any atom is -0.495 e. The molecule has 0 bridgehead atoms. The molecular formula is C16H19BrN2O. The van der Waals surface area contributed by atoms with Gasteiger partial charge in [-0.15, -0.1) is 0 Å². The van der Waals surface area contributed by atoms with Crippen LogP contribution in [0.15, 0.2) is 41.0 Å². The van der Waals surface area contributed by atoms with Crippen LogP contribution in [-0.4, -0.2) is 19.1 Å². The van der Waals surface area contributed by atoms with Crippen molar-refractivity contribution in [2.75, 3.05) is 19.1 Å². The molecule has 0 atom stereocenters. The van der Waals surface area contributed by atoms with E-state index in [2.05, 4.69) is 46.9 Å². The average molecular weight is 335 g/mol. The molecule has 0 saturated heterocycles. The Bertz CT molecular complexity index is 582. The van der Waals surface area contributed by atoms with Crippen molar-refractivity contribution >= 4 is 27.4 Å². The number of hydrogen-bond donors (Lipinski definition) is 0. The largest absolute Gasteiger partial charge is 0.495 e. The van der Waals surface area contributed by atoms with Gasteiger partial charge in [-0.2, -0.15) is 0 Å². The van der Waals surface area contributed by atoms with Gasteiger partial charge in [-0.1, -0.05) is 19.9 Å². The number of methoxy groups -OCH3 is 1. The van der Waals surface area contributed by atoms with Crippen LogP contribution >= 0.6 is 15.9 Å². The third-order valence-electron chi connectivity index (χ3n) is 3.29. The van der Waals surface area contributed by atoms with Crippen molar-refractivity contribution in [1.29, 1.82) is 0 Å². The predicted octanol–water partition coefficient (Wildman–Crippen LogP) is 4.74. The van der Waals surface area contributed by atoms with E-state index < -0.39 is 0 Å². The molecule has 4 heteroatoms. The van der Waals surface area contributed by atoms with E-state index in [1.54, 1.807) is 13.3 Å². The first kappa shape index (κ1) is 14.9. The molecule has 1 heterocycles. The van der Waals surface area contributed by atoms with Crippen LogP contribution in [-0.2, 0) is 0 Å². The van der Waals surface area contributed by atoms with Crippen molar-refractivity contribution in [3.8, 4) is 5.75 Å². The molecule has 106 valence electrons. The number of rotatable bonds is 4. The molecule has 0 aliphatic carbocycles. The van der Waals surface area contributed by atoms with Gasteiger partial charge in [0.2, 0.25) is 0 Å². The van der Waals surface area contributed by atoms with Gasteiger partial charge in [-0.05, 0) is 51.7 Å². The first-order valence-corrected chi connectivity index (χ1v) is 7.35. The molecule has 1 aromatic heterocycles. The Balaban J connectivity index is 2.43. The summed E-state index contributed by atoms with van der Waals surface area (Å²) in [7, 11) is 3.69. The standard InChI is InChI=1S/C16H19BrN2O/c1-11(2)12-5-7-15(20-4)14(9-12)19(3)16-8-6-13(17)10-18-16/h5-11H,1-4H3. The lowest BCUT2D eigenvalue weighted by Gasteiger charge is -2.22. The number of pyridine rings is 1. The summed E-state index contributed by atoms with van der Waals surface area (Å²) in [5.74, 6) is 2.21. The van der Waals surface area contributed by atoms with Crippen LogP contribution < -0.4 is 9.64 Å². The third kappa shape index (κ3) is 3.12. The van der Waals surface area contributed by atoms with Crippen LogP contribution in [0.25, 0.3) is 0 Å². The smallest absolute Gasteiger partial charge is 0.142 e. The van der Waals surface area contributed by atoms with Crippen molar-refractivity contribution < 1.29 is 4.74 Å². The minimum absolute atomic E-state index is 0.478. The Kier molecular flexibility index (Phi) is 4.65. The summed E-state index contributed by atoms with van der Waals surface area (Å²) in [6.07, 6.45) is 1.80. The highest BCUT2D eigenvalue weighted by atomic mass is 79.9. The van der Waals surface area contributed by atoms with Gasteiger partial charge >= 0.3 is 0 Å². The summed E-state index contributed by atoms with van der Waals surface area (Å²) >= 11 is 3.40. The maximum absolute atomic E-state index is 5.47. The molecule has 0 unspecified atom stereocenters. The number of anilines is 2. The highest BCUT2D eigenvalue weighted by Gasteiger charge is 2.13. The first-order chi connectivity index (χ1) is 9.52. The molecule has 0 N–H and O–H groups in total. The average Bonchev–Trinajstić information content (AvgIpc) is 2.46. The van der Waals surface area contributed by atoms with Crippen LogP contribution in [0.4, 0.5) is 11.5 Å². The molecular weight excluding hydrogens is 316 g/mol. The topological polar surface area (TPSA) is 25.4 Å². The lowest BCUT2D eigenvalue weighted by atomic mass is 10.0. The number of aromatic nitrogens is 1. The van der Waals surface area contributed by atoms with Crippen LogP contribution in [0, 0.1) is 0 Å². The molecule has 0 saturated carbocycles. The molecule has 2 aromatic rings. The Hall–Kier alpha value is -1.55. The molecule has 2 rings (SSSR count). The van der Waals surface area contributed by atoms with Crippen molar-refractivity contribution in [2.24, 2.45) is 0 Å². The van der Waals surface area contributed by atoms with Gasteiger partial charge in [0.15, 0.2) is 0 Å². The molecule has 0 aliphatic heterocycles. The van der Waals surface area contributed by atoms with Gasteiger partial charge < -0.3 is 9.64 Å². The van der Waals surface area contributed by atoms with E-state index in [9.17, 15) is 0 Å². The van der Waals surface area contributed by atoms with E-state index >= 15 is 0 Å². The fourth-order valence-electron chi connectivity index (χ4n) is 2.02. The van der Waals surface area contributed by atoms with E-state index in [0.717, 1.165) is 21.7 Å². The first-order valence-electron chi connectivity index (χ1n) is 6.56. The molecule has 20 heavy (non-hydrogen) atoms. The molecule has 3 nitrogen and oxygen atoms in total. The summed E-state index contributed by atoms with van der Waals surface area (Å²) in [6.45, 7) is 4.37. The van der Waals surface area contributed by atoms with E-state index in [-0.39, 0.29) is 0 Å². The molecule has 0 spiro atoms. The van der Waals surface area contributed by atoms with Crippen molar-refractivity contribution in [1.82, 2.24) is 4.98 Å². The summed E-state index contributed by atoms with van der Waals surface area (Å²) in [4.78, 5) is 6.47. The fourth-order valence-corrected chi connectivity index (χ4v) is 2.25. The minimum atomic E-state index is 0.478. The maximum Gasteiger partial charge on any atom is 0.142 e. The zero-order chi connectivity index (χ0) is 14.7. The predicted molar refractivity (Wildman–Crippen MR) is 87.1 cm³/mol. The van der Waals surface area contributed by atoms with Crippen molar-refractivity contribution in [3.63, 3.8) is 0 Å². The number of halogens is 1. The summed E-state index contributed by atoms with van der Waals surface area (Å²) in [6, 6.07) is 10.2. The Morgan fingerprint density at radius 3 is 2.50 bits per heavy atom. The molecule has 0 amide bonds. The van der Waals surface area contributed by atoms with Crippen LogP contribution in [0.3, 0.4) is 0 Å². The van der Waals surface area contributed by atoms with E-state index in [0.29, 0.717) is 5.92 Å². The van der Waals surface area contributed by atoms with Gasteiger partial charge in [0, 0.05) is 17.7 Å². The molecule has 1 aromatic carbocycles. The number of nitrogens with zero attached hydrogens (tertiary/aromatic N) is 2. The highest BCUT2D eigenvalue weighted by molar-refractivity contribution is 9.10. The van der Waals surface area contributed by atoms with Gasteiger partial charge in [0.1, 0.15) is 11.6 Å². The Labute approximate surface area is 128 Å². The van der Waals surface area contributed by atoms with Gasteiger partial charge in [0.05, 0.1) is 12.8 Å². The Morgan fingerprint density at radius 1 is 1.20 bits per heavy atom. The van der Waals surface area contributed by atoms with E-state index in [1.807, 2.05) is 30.1 Å². The Morgan fingerprint density at radius 2 is 1.95 bits per heavy atom. The normalized spacial score (nSPS) is 10.7. The second-order valence-electron chi connectivity index (χ2n) is 4.98. The monoisotopic (exact) mass is 334 g/mol. The van der Waals surface area contributed by atoms with Crippen molar-refractivity contribution in [3.05, 3.63) is 46.6 Å². The number of benzene rings is 1. The van der Waals surface area contributed by atoms with Gasteiger partial charge in [-0.25, -0.2) is 4.98 Å². The zero-order valence-corrected chi connectivity index (χ0v) is 13.8. The fraction of sp³-hybridized carbons (Fsp3) is 0.312. The summed E-state index contributed by atoms with van der Waals surface area (Å²) in [5, 5.41) is 0. The maximum atomic E-state index is 5.47. The van der Waals surface area contributed by atoms with Gasteiger partial charge in [-0.3, -0.25) is 0 Å². The second-order valence-corrected chi connectivity index (χ2v) is 5.90. The quantitative estimate of drug-likeness (QED) is 0.807. The molecule has 0 radical (unpaired) electrons. The van der Waals surface area contributed by atoms with E-state index in [4.69, 9.17) is 4.74 Å². The van der Waals surface area contributed by atoms with E-state index in [1.165, 1.54) is 5.56 Å². The lowest BCUT2D eigenvalue weighted by molar-refractivity contribution is 0.415.